The third-order valence-corrected chi connectivity index (χ3v) is 3.52. The lowest BCUT2D eigenvalue weighted by Gasteiger charge is -2.15. The van der Waals surface area contributed by atoms with E-state index in [1.165, 1.54) is 0 Å². The van der Waals surface area contributed by atoms with Gasteiger partial charge in [-0.2, -0.15) is 0 Å². The van der Waals surface area contributed by atoms with Crippen LogP contribution in [0.15, 0.2) is 10.5 Å². The number of halogens is 1. The minimum atomic E-state index is 0.888. The maximum atomic E-state index is 5.42. The highest BCUT2D eigenvalue weighted by molar-refractivity contribution is 9.10. The SMILES string of the molecule is CNCCc1cc(OC)c(C)c(Br)c1OC. The van der Waals surface area contributed by atoms with Crippen LogP contribution in [0.25, 0.3) is 0 Å². The molecule has 1 aromatic rings. The van der Waals surface area contributed by atoms with Gasteiger partial charge in [-0.3, -0.25) is 0 Å². The number of ether oxygens (including phenoxy) is 2. The predicted molar refractivity (Wildman–Crippen MR) is 69.6 cm³/mol. The molecule has 0 aliphatic heterocycles. The minimum absolute atomic E-state index is 0.888. The summed E-state index contributed by atoms with van der Waals surface area (Å²) in [7, 11) is 5.31. The zero-order chi connectivity index (χ0) is 12.1. The zero-order valence-electron chi connectivity index (χ0n) is 10.2. The van der Waals surface area contributed by atoms with Crippen molar-refractivity contribution < 1.29 is 9.47 Å². The number of benzene rings is 1. The molecule has 0 saturated carbocycles. The Morgan fingerprint density at radius 3 is 2.50 bits per heavy atom. The van der Waals surface area contributed by atoms with Crippen LogP contribution in [-0.2, 0) is 6.42 Å². The van der Waals surface area contributed by atoms with Crippen molar-refractivity contribution in [3.05, 3.63) is 21.7 Å². The molecule has 0 spiro atoms. The molecule has 0 bridgehead atoms. The van der Waals surface area contributed by atoms with Gasteiger partial charge in [-0.05, 0) is 48.9 Å². The van der Waals surface area contributed by atoms with Crippen LogP contribution in [0.3, 0.4) is 0 Å². The highest BCUT2D eigenvalue weighted by Gasteiger charge is 2.14. The normalized spacial score (nSPS) is 10.3. The fraction of sp³-hybridized carbons (Fsp3) is 0.500. The van der Waals surface area contributed by atoms with Gasteiger partial charge in [0.25, 0.3) is 0 Å². The van der Waals surface area contributed by atoms with Crippen LogP contribution in [0.1, 0.15) is 11.1 Å². The van der Waals surface area contributed by atoms with E-state index in [4.69, 9.17) is 9.47 Å². The van der Waals surface area contributed by atoms with E-state index in [2.05, 4.69) is 21.2 Å². The average Bonchev–Trinajstić information content (AvgIpc) is 2.30. The van der Waals surface area contributed by atoms with Crippen LogP contribution >= 0.6 is 15.9 Å². The Hall–Kier alpha value is -0.740. The molecule has 0 saturated heterocycles. The summed E-state index contributed by atoms with van der Waals surface area (Å²) in [5.41, 5.74) is 2.21. The molecule has 0 aliphatic rings. The van der Waals surface area contributed by atoms with Crippen molar-refractivity contribution in [1.82, 2.24) is 5.32 Å². The molecule has 16 heavy (non-hydrogen) atoms. The van der Waals surface area contributed by atoms with Crippen LogP contribution in [-0.4, -0.2) is 27.8 Å². The van der Waals surface area contributed by atoms with Crippen LogP contribution in [0.5, 0.6) is 11.5 Å². The van der Waals surface area contributed by atoms with Crippen LogP contribution in [0.4, 0.5) is 0 Å². The first kappa shape index (κ1) is 13.3. The Morgan fingerprint density at radius 2 is 2.00 bits per heavy atom. The molecule has 0 aromatic heterocycles. The minimum Gasteiger partial charge on any atom is -0.496 e. The van der Waals surface area contributed by atoms with E-state index in [1.807, 2.05) is 20.0 Å². The first-order valence-electron chi connectivity index (χ1n) is 5.20. The van der Waals surface area contributed by atoms with E-state index in [-0.39, 0.29) is 0 Å². The van der Waals surface area contributed by atoms with Crippen molar-refractivity contribution in [3.8, 4) is 11.5 Å². The number of rotatable bonds is 5. The monoisotopic (exact) mass is 287 g/mol. The Balaban J connectivity index is 3.18. The Morgan fingerprint density at radius 1 is 1.31 bits per heavy atom. The smallest absolute Gasteiger partial charge is 0.136 e. The van der Waals surface area contributed by atoms with Gasteiger partial charge in [0, 0.05) is 11.1 Å². The fourth-order valence-electron chi connectivity index (χ4n) is 1.63. The summed E-state index contributed by atoms with van der Waals surface area (Å²) in [5.74, 6) is 1.78. The molecule has 3 nitrogen and oxygen atoms in total. The molecule has 1 N–H and O–H groups in total. The molecular weight excluding hydrogens is 270 g/mol. The number of hydrogen-bond donors (Lipinski definition) is 1. The topological polar surface area (TPSA) is 30.5 Å². The Labute approximate surface area is 105 Å². The molecule has 0 radical (unpaired) electrons. The van der Waals surface area contributed by atoms with Crippen LogP contribution in [0.2, 0.25) is 0 Å². The van der Waals surface area contributed by atoms with Gasteiger partial charge in [0.2, 0.25) is 0 Å². The van der Waals surface area contributed by atoms with E-state index < -0.39 is 0 Å². The molecule has 0 heterocycles. The van der Waals surface area contributed by atoms with E-state index in [0.29, 0.717) is 0 Å². The summed E-state index contributed by atoms with van der Waals surface area (Å²) >= 11 is 3.55. The van der Waals surface area contributed by atoms with Crippen molar-refractivity contribution >= 4 is 15.9 Å². The summed E-state index contributed by atoms with van der Waals surface area (Å²) in [6.07, 6.45) is 0.912. The molecule has 0 amide bonds. The lowest BCUT2D eigenvalue weighted by molar-refractivity contribution is 0.393. The summed E-state index contributed by atoms with van der Waals surface area (Å²) < 4.78 is 11.7. The van der Waals surface area contributed by atoms with Crippen molar-refractivity contribution in [2.24, 2.45) is 0 Å². The van der Waals surface area contributed by atoms with Gasteiger partial charge >= 0.3 is 0 Å². The number of nitrogens with one attached hydrogen (secondary N) is 1. The summed E-state index contributed by atoms with van der Waals surface area (Å²) in [6.45, 7) is 2.92. The third-order valence-electron chi connectivity index (χ3n) is 2.56. The second-order valence-electron chi connectivity index (χ2n) is 3.56. The van der Waals surface area contributed by atoms with Gasteiger partial charge in [-0.15, -0.1) is 0 Å². The molecule has 0 unspecified atom stereocenters. The predicted octanol–water partition coefficient (Wildman–Crippen LogP) is 2.54. The van der Waals surface area contributed by atoms with Crippen molar-refractivity contribution in [2.75, 3.05) is 27.8 Å². The molecule has 1 rings (SSSR count). The van der Waals surface area contributed by atoms with Crippen molar-refractivity contribution in [2.45, 2.75) is 13.3 Å². The van der Waals surface area contributed by atoms with Crippen LogP contribution < -0.4 is 14.8 Å². The number of hydrogen-bond acceptors (Lipinski definition) is 3. The van der Waals surface area contributed by atoms with E-state index in [9.17, 15) is 0 Å². The van der Waals surface area contributed by atoms with Gasteiger partial charge in [0.05, 0.1) is 18.7 Å². The molecule has 1 aromatic carbocycles. The first-order valence-corrected chi connectivity index (χ1v) is 5.99. The number of methoxy groups -OCH3 is 2. The largest absolute Gasteiger partial charge is 0.496 e. The van der Waals surface area contributed by atoms with E-state index in [0.717, 1.165) is 40.1 Å². The standard InChI is InChI=1S/C12H18BrNO2/c1-8-10(15-3)7-9(5-6-14-2)12(16-4)11(8)13/h7,14H,5-6H2,1-4H3. The third kappa shape index (κ3) is 2.68. The maximum Gasteiger partial charge on any atom is 0.136 e. The molecule has 0 aliphatic carbocycles. The second-order valence-corrected chi connectivity index (χ2v) is 4.36. The molecule has 0 atom stereocenters. The van der Waals surface area contributed by atoms with Gasteiger partial charge in [-0.1, -0.05) is 0 Å². The molecular formula is C12H18BrNO2. The van der Waals surface area contributed by atoms with Crippen molar-refractivity contribution in [3.63, 3.8) is 0 Å². The van der Waals surface area contributed by atoms with E-state index in [1.54, 1.807) is 14.2 Å². The summed E-state index contributed by atoms with van der Waals surface area (Å²) in [6, 6.07) is 2.04. The Bertz CT molecular complexity index is 367. The molecule has 4 heteroatoms. The highest BCUT2D eigenvalue weighted by Crippen LogP contribution is 2.38. The maximum absolute atomic E-state index is 5.42. The molecule has 0 fully saturated rings. The first-order chi connectivity index (χ1) is 7.65. The second kappa shape index (κ2) is 6.11. The lowest BCUT2D eigenvalue weighted by Crippen LogP contribution is -2.11. The fourth-order valence-corrected chi connectivity index (χ4v) is 2.24. The summed E-state index contributed by atoms with van der Waals surface area (Å²) in [5, 5.41) is 3.13. The van der Waals surface area contributed by atoms with Crippen molar-refractivity contribution in [1.29, 1.82) is 0 Å². The van der Waals surface area contributed by atoms with Crippen LogP contribution in [0, 0.1) is 6.92 Å². The average molecular weight is 288 g/mol. The summed E-state index contributed by atoms with van der Waals surface area (Å²) in [4.78, 5) is 0. The van der Waals surface area contributed by atoms with Gasteiger partial charge in [0.1, 0.15) is 11.5 Å². The van der Waals surface area contributed by atoms with Gasteiger partial charge in [0.15, 0.2) is 0 Å². The quantitative estimate of drug-likeness (QED) is 0.903. The lowest BCUT2D eigenvalue weighted by atomic mass is 10.1. The van der Waals surface area contributed by atoms with E-state index >= 15 is 0 Å². The molecule has 90 valence electrons. The number of likely N-dealkylation sites (N-methyl/N-ethyl adjacent to an activating group) is 1. The van der Waals surface area contributed by atoms with Gasteiger partial charge < -0.3 is 14.8 Å². The zero-order valence-corrected chi connectivity index (χ0v) is 11.8. The van der Waals surface area contributed by atoms with Gasteiger partial charge in [-0.25, -0.2) is 0 Å². The highest BCUT2D eigenvalue weighted by atomic mass is 79.9. The Kier molecular flexibility index (Phi) is 5.09.